The van der Waals surface area contributed by atoms with Crippen LogP contribution in [-0.4, -0.2) is 65.7 Å². The summed E-state index contributed by atoms with van der Waals surface area (Å²) >= 11 is 0. The van der Waals surface area contributed by atoms with Crippen molar-refractivity contribution in [1.82, 2.24) is 24.8 Å². The minimum Gasteiger partial charge on any atom is -0.496 e. The highest BCUT2D eigenvalue weighted by Crippen LogP contribution is 2.32. The van der Waals surface area contributed by atoms with Crippen molar-refractivity contribution in [1.29, 1.82) is 0 Å². The van der Waals surface area contributed by atoms with Gasteiger partial charge in [-0.05, 0) is 12.5 Å². The number of aromatic nitrogens is 4. The first-order valence-electron chi connectivity index (χ1n) is 10.3. The van der Waals surface area contributed by atoms with E-state index in [1.807, 2.05) is 25.2 Å². The van der Waals surface area contributed by atoms with Gasteiger partial charge in [0.05, 0.1) is 19.4 Å². The number of anilines is 1. The number of morpholine rings is 1. The molecule has 0 spiro atoms. The van der Waals surface area contributed by atoms with E-state index >= 15 is 0 Å². The van der Waals surface area contributed by atoms with Crippen molar-refractivity contribution >= 4 is 5.95 Å². The molecule has 1 aliphatic heterocycles. The first kappa shape index (κ1) is 21.1. The molecule has 1 unspecified atom stereocenters. The van der Waals surface area contributed by atoms with Gasteiger partial charge < -0.3 is 14.4 Å². The lowest BCUT2D eigenvalue weighted by Gasteiger charge is -2.34. The van der Waals surface area contributed by atoms with Gasteiger partial charge in [-0.2, -0.15) is 0 Å². The number of hydrogen-bond acceptors (Lipinski definition) is 8. The van der Waals surface area contributed by atoms with Crippen molar-refractivity contribution in [2.45, 2.75) is 19.6 Å². The van der Waals surface area contributed by atoms with Crippen molar-refractivity contribution in [3.63, 3.8) is 0 Å². The van der Waals surface area contributed by atoms with E-state index in [1.54, 1.807) is 19.5 Å². The summed E-state index contributed by atoms with van der Waals surface area (Å²) in [5.41, 5.74) is 4.95. The molecule has 0 bridgehead atoms. The quantitative estimate of drug-likeness (QED) is 0.603. The zero-order chi connectivity index (χ0) is 21.8. The third-order valence-electron chi connectivity index (χ3n) is 5.42. The molecule has 0 N–H and O–H groups in total. The molecule has 162 valence electrons. The zero-order valence-corrected chi connectivity index (χ0v) is 18.4. The van der Waals surface area contributed by atoms with E-state index in [-0.39, 0.29) is 6.10 Å². The molecule has 1 atom stereocenters. The summed E-state index contributed by atoms with van der Waals surface area (Å²) in [7, 11) is 5.59. The van der Waals surface area contributed by atoms with Gasteiger partial charge in [0, 0.05) is 69.0 Å². The number of rotatable bonds is 6. The Kier molecular flexibility index (Phi) is 6.39. The highest BCUT2D eigenvalue weighted by atomic mass is 16.5. The summed E-state index contributed by atoms with van der Waals surface area (Å²) in [5.74, 6) is 1.60. The van der Waals surface area contributed by atoms with Crippen molar-refractivity contribution in [3.05, 3.63) is 59.9 Å². The van der Waals surface area contributed by atoms with E-state index in [2.05, 4.69) is 45.0 Å². The summed E-state index contributed by atoms with van der Waals surface area (Å²) in [6.07, 6.45) is 6.74. The van der Waals surface area contributed by atoms with Crippen LogP contribution in [0, 0.1) is 6.92 Å². The number of benzene rings is 1. The SMILES string of the molecule is COc1c(C)cccc1CN1CCOC(c2nc(N(C)C)ncc2-c2cncnc2)C1. The average molecular weight is 421 g/mol. The molecule has 1 aliphatic rings. The second kappa shape index (κ2) is 9.36. The molecule has 2 aromatic heterocycles. The van der Waals surface area contributed by atoms with Crippen LogP contribution in [0.5, 0.6) is 5.75 Å². The Morgan fingerprint density at radius 1 is 1.19 bits per heavy atom. The van der Waals surface area contributed by atoms with Crippen LogP contribution < -0.4 is 9.64 Å². The zero-order valence-electron chi connectivity index (χ0n) is 18.4. The van der Waals surface area contributed by atoms with Crippen molar-refractivity contribution in [2.24, 2.45) is 0 Å². The van der Waals surface area contributed by atoms with Gasteiger partial charge >= 0.3 is 0 Å². The molecule has 0 amide bonds. The normalized spacial score (nSPS) is 16.8. The van der Waals surface area contributed by atoms with Crippen LogP contribution >= 0.6 is 0 Å². The van der Waals surface area contributed by atoms with E-state index in [9.17, 15) is 0 Å². The molecule has 3 heterocycles. The smallest absolute Gasteiger partial charge is 0.225 e. The first-order valence-corrected chi connectivity index (χ1v) is 10.3. The van der Waals surface area contributed by atoms with Crippen LogP contribution in [0.25, 0.3) is 11.1 Å². The Bertz CT molecular complexity index is 1030. The summed E-state index contributed by atoms with van der Waals surface area (Å²) in [4.78, 5) is 21.9. The topological polar surface area (TPSA) is 76.5 Å². The highest BCUT2D eigenvalue weighted by molar-refractivity contribution is 5.64. The van der Waals surface area contributed by atoms with Gasteiger partial charge in [0.2, 0.25) is 5.95 Å². The van der Waals surface area contributed by atoms with Crippen LogP contribution in [-0.2, 0) is 11.3 Å². The van der Waals surface area contributed by atoms with E-state index in [4.69, 9.17) is 14.5 Å². The van der Waals surface area contributed by atoms with Crippen molar-refractivity contribution < 1.29 is 9.47 Å². The third-order valence-corrected chi connectivity index (χ3v) is 5.42. The maximum Gasteiger partial charge on any atom is 0.225 e. The Morgan fingerprint density at radius 3 is 2.74 bits per heavy atom. The van der Waals surface area contributed by atoms with Gasteiger partial charge in [-0.1, -0.05) is 18.2 Å². The van der Waals surface area contributed by atoms with E-state index in [0.717, 1.165) is 47.8 Å². The Hall–Kier alpha value is -3.10. The van der Waals surface area contributed by atoms with Crippen LogP contribution in [0.2, 0.25) is 0 Å². The predicted octanol–water partition coefficient (Wildman–Crippen LogP) is 2.89. The molecule has 0 radical (unpaired) electrons. The molecule has 0 aliphatic carbocycles. The fraction of sp³-hybridized carbons (Fsp3) is 0.391. The molecule has 1 aromatic carbocycles. The Labute approximate surface area is 182 Å². The molecule has 8 heteroatoms. The fourth-order valence-corrected chi connectivity index (χ4v) is 3.89. The first-order chi connectivity index (χ1) is 15.1. The van der Waals surface area contributed by atoms with Gasteiger partial charge in [-0.15, -0.1) is 0 Å². The van der Waals surface area contributed by atoms with Crippen LogP contribution in [0.4, 0.5) is 5.95 Å². The minimum absolute atomic E-state index is 0.179. The number of aryl methyl sites for hydroxylation is 1. The van der Waals surface area contributed by atoms with Crippen molar-refractivity contribution in [2.75, 3.05) is 45.8 Å². The lowest BCUT2D eigenvalue weighted by Crippen LogP contribution is -2.38. The van der Waals surface area contributed by atoms with E-state index in [0.29, 0.717) is 12.6 Å². The number of ether oxygens (including phenoxy) is 2. The molecule has 1 fully saturated rings. The Balaban J connectivity index is 1.63. The molecular weight excluding hydrogens is 392 g/mol. The Morgan fingerprint density at radius 2 is 2.00 bits per heavy atom. The standard InChI is InChI=1S/C23H28N6O2/c1-16-6-5-7-17(22(16)30-4)13-29-8-9-31-20(14-29)21-19(18-10-24-15-25-11-18)12-26-23(27-21)28(2)3/h5-7,10-12,15,20H,8-9,13-14H2,1-4H3. The fourth-order valence-electron chi connectivity index (χ4n) is 3.89. The molecule has 3 aromatic rings. The van der Waals surface area contributed by atoms with Gasteiger partial charge in [0.15, 0.2) is 0 Å². The van der Waals surface area contributed by atoms with E-state index < -0.39 is 0 Å². The number of methoxy groups -OCH3 is 1. The van der Waals surface area contributed by atoms with Gasteiger partial charge in [0.25, 0.3) is 0 Å². The second-order valence-corrected chi connectivity index (χ2v) is 7.85. The van der Waals surface area contributed by atoms with Gasteiger partial charge in [0.1, 0.15) is 18.2 Å². The summed E-state index contributed by atoms with van der Waals surface area (Å²) < 4.78 is 11.8. The third kappa shape index (κ3) is 4.65. The van der Waals surface area contributed by atoms with Crippen LogP contribution in [0.1, 0.15) is 22.9 Å². The molecule has 1 saturated heterocycles. The maximum absolute atomic E-state index is 6.19. The lowest BCUT2D eigenvalue weighted by atomic mass is 10.0. The summed E-state index contributed by atoms with van der Waals surface area (Å²) in [5, 5.41) is 0. The number of nitrogens with zero attached hydrogens (tertiary/aromatic N) is 6. The lowest BCUT2D eigenvalue weighted by molar-refractivity contribution is -0.0348. The molecule has 31 heavy (non-hydrogen) atoms. The van der Waals surface area contributed by atoms with E-state index in [1.165, 1.54) is 11.9 Å². The summed E-state index contributed by atoms with van der Waals surface area (Å²) in [6, 6.07) is 6.27. The van der Waals surface area contributed by atoms with Crippen LogP contribution in [0.3, 0.4) is 0 Å². The minimum atomic E-state index is -0.179. The average Bonchev–Trinajstić information content (AvgIpc) is 2.79. The van der Waals surface area contributed by atoms with Gasteiger partial charge in [-0.3, -0.25) is 4.90 Å². The monoisotopic (exact) mass is 420 g/mol. The largest absolute Gasteiger partial charge is 0.496 e. The van der Waals surface area contributed by atoms with Gasteiger partial charge in [-0.25, -0.2) is 19.9 Å². The second-order valence-electron chi connectivity index (χ2n) is 7.85. The molecule has 0 saturated carbocycles. The molecular formula is C23H28N6O2. The highest BCUT2D eigenvalue weighted by Gasteiger charge is 2.27. The van der Waals surface area contributed by atoms with Crippen LogP contribution in [0.15, 0.2) is 43.1 Å². The van der Waals surface area contributed by atoms with Crippen molar-refractivity contribution in [3.8, 4) is 16.9 Å². The molecule has 4 rings (SSSR count). The number of hydrogen-bond donors (Lipinski definition) is 0. The molecule has 8 nitrogen and oxygen atoms in total. The predicted molar refractivity (Wildman–Crippen MR) is 119 cm³/mol. The number of para-hydroxylation sites is 1. The summed E-state index contributed by atoms with van der Waals surface area (Å²) in [6.45, 7) is 5.07. The maximum atomic E-state index is 6.19.